The molecule has 0 unspecified atom stereocenters. The molecule has 4 rings (SSSR count). The van der Waals surface area contributed by atoms with Gasteiger partial charge in [-0.2, -0.15) is 0 Å². The third-order valence-electron chi connectivity index (χ3n) is 5.60. The van der Waals surface area contributed by atoms with Crippen LogP contribution in [-0.4, -0.2) is 57.6 Å². The number of amides is 2. The number of piperidine rings is 1. The maximum atomic E-state index is 12.2. The second-order valence-corrected chi connectivity index (χ2v) is 7.90. The predicted molar refractivity (Wildman–Crippen MR) is 115 cm³/mol. The molecular weight excluding hydrogens is 364 g/mol. The minimum Gasteiger partial charge on any atom is -0.364 e. The Morgan fingerprint density at radius 1 is 1.21 bits per heavy atom. The fraction of sp³-hybridized carbons (Fsp3) is 0.409. The van der Waals surface area contributed by atoms with Crippen LogP contribution in [0.15, 0.2) is 42.7 Å². The van der Waals surface area contributed by atoms with E-state index >= 15 is 0 Å². The Bertz CT molecular complexity index is 989. The maximum Gasteiger partial charge on any atom is 0.319 e. The van der Waals surface area contributed by atoms with Gasteiger partial charge in [0.2, 0.25) is 0 Å². The molecule has 1 fully saturated rings. The van der Waals surface area contributed by atoms with Crippen LogP contribution in [0.4, 0.5) is 10.6 Å². The summed E-state index contributed by atoms with van der Waals surface area (Å²) in [4.78, 5) is 25.3. The normalized spacial score (nSPS) is 14.9. The van der Waals surface area contributed by atoms with Gasteiger partial charge in [-0.25, -0.2) is 14.8 Å². The van der Waals surface area contributed by atoms with Crippen molar-refractivity contribution in [2.75, 3.05) is 32.5 Å². The van der Waals surface area contributed by atoms with E-state index in [2.05, 4.69) is 28.5 Å². The lowest BCUT2D eigenvalue weighted by Gasteiger charge is -2.33. The van der Waals surface area contributed by atoms with E-state index in [0.717, 1.165) is 48.5 Å². The Morgan fingerprint density at radius 3 is 2.62 bits per heavy atom. The molecule has 1 aliphatic rings. The molecular formula is C22H28N6O. The van der Waals surface area contributed by atoms with Crippen LogP contribution in [0.25, 0.3) is 11.0 Å². The van der Waals surface area contributed by atoms with Crippen molar-refractivity contribution in [1.29, 1.82) is 0 Å². The number of urea groups is 1. The van der Waals surface area contributed by atoms with Gasteiger partial charge in [-0.15, -0.1) is 0 Å². The molecule has 2 amide bonds. The summed E-state index contributed by atoms with van der Waals surface area (Å²) in [7, 11) is 5.62. The van der Waals surface area contributed by atoms with Crippen LogP contribution < -0.4 is 5.32 Å². The second-order valence-electron chi connectivity index (χ2n) is 7.90. The SMILES string of the molecule is CN(C)C(=O)N1CCC(c2cc3c(ncn3C)c(NCc3ccccc3)n2)CC1. The van der Waals surface area contributed by atoms with Crippen molar-refractivity contribution in [2.45, 2.75) is 25.3 Å². The van der Waals surface area contributed by atoms with E-state index in [9.17, 15) is 4.79 Å². The minimum atomic E-state index is 0.0868. The van der Waals surface area contributed by atoms with Gasteiger partial charge < -0.3 is 19.7 Å². The van der Waals surface area contributed by atoms with Crippen LogP contribution in [0.2, 0.25) is 0 Å². The maximum absolute atomic E-state index is 12.2. The van der Waals surface area contributed by atoms with Crippen molar-refractivity contribution in [1.82, 2.24) is 24.3 Å². The van der Waals surface area contributed by atoms with E-state index in [-0.39, 0.29) is 6.03 Å². The fourth-order valence-electron chi connectivity index (χ4n) is 3.91. The Kier molecular flexibility index (Phi) is 5.38. The Hall–Kier alpha value is -3.09. The summed E-state index contributed by atoms with van der Waals surface area (Å²) < 4.78 is 2.04. The van der Waals surface area contributed by atoms with Crippen LogP contribution in [0.1, 0.15) is 30.0 Å². The van der Waals surface area contributed by atoms with Crippen molar-refractivity contribution in [3.63, 3.8) is 0 Å². The Balaban J connectivity index is 1.55. The Labute approximate surface area is 171 Å². The smallest absolute Gasteiger partial charge is 0.319 e. The van der Waals surface area contributed by atoms with Crippen LogP contribution in [0.5, 0.6) is 0 Å². The first-order valence-electron chi connectivity index (χ1n) is 10.1. The van der Waals surface area contributed by atoms with Gasteiger partial charge in [0.1, 0.15) is 5.52 Å². The van der Waals surface area contributed by atoms with Gasteiger partial charge in [0.05, 0.1) is 11.8 Å². The van der Waals surface area contributed by atoms with E-state index < -0.39 is 0 Å². The zero-order chi connectivity index (χ0) is 20.4. The van der Waals surface area contributed by atoms with Gasteiger partial charge in [-0.1, -0.05) is 30.3 Å². The second kappa shape index (κ2) is 8.11. The number of aryl methyl sites for hydroxylation is 1. The highest BCUT2D eigenvalue weighted by Gasteiger charge is 2.26. The largest absolute Gasteiger partial charge is 0.364 e. The fourth-order valence-corrected chi connectivity index (χ4v) is 3.91. The minimum absolute atomic E-state index is 0.0868. The van der Waals surface area contributed by atoms with E-state index in [1.807, 2.05) is 41.0 Å². The number of fused-ring (bicyclic) bond motifs is 1. The van der Waals surface area contributed by atoms with Gasteiger partial charge in [-0.05, 0) is 24.5 Å². The standard InChI is InChI=1S/C22H28N6O/c1-26(2)22(29)28-11-9-17(10-12-28)18-13-19-20(24-15-27(19)3)21(25-18)23-14-16-7-5-4-6-8-16/h4-8,13,15,17H,9-12,14H2,1-3H3,(H,23,25). The molecule has 0 spiro atoms. The van der Waals surface area contributed by atoms with E-state index in [1.54, 1.807) is 19.0 Å². The summed E-state index contributed by atoms with van der Waals surface area (Å²) in [5.41, 5.74) is 4.26. The highest BCUT2D eigenvalue weighted by molar-refractivity contribution is 5.86. The van der Waals surface area contributed by atoms with Crippen molar-refractivity contribution < 1.29 is 4.79 Å². The molecule has 7 nitrogen and oxygen atoms in total. The third kappa shape index (κ3) is 4.04. The summed E-state index contributed by atoms with van der Waals surface area (Å²) in [6, 6.07) is 12.5. The van der Waals surface area contributed by atoms with Gasteiger partial charge in [-0.3, -0.25) is 0 Å². The summed E-state index contributed by atoms with van der Waals surface area (Å²) in [5, 5.41) is 3.48. The molecule has 1 N–H and O–H groups in total. The number of hydrogen-bond acceptors (Lipinski definition) is 4. The lowest BCUT2D eigenvalue weighted by molar-refractivity contribution is 0.156. The summed E-state index contributed by atoms with van der Waals surface area (Å²) in [5.74, 6) is 1.17. The molecule has 7 heteroatoms. The lowest BCUT2D eigenvalue weighted by Crippen LogP contribution is -2.43. The molecule has 0 atom stereocenters. The molecule has 2 aromatic heterocycles. The number of pyridine rings is 1. The molecule has 1 aliphatic heterocycles. The molecule has 3 heterocycles. The number of benzene rings is 1. The first-order chi connectivity index (χ1) is 14.0. The predicted octanol–water partition coefficient (Wildman–Crippen LogP) is 3.44. The molecule has 0 saturated carbocycles. The molecule has 1 aromatic carbocycles. The number of hydrogen-bond donors (Lipinski definition) is 1. The van der Waals surface area contributed by atoms with Gasteiger partial charge in [0.25, 0.3) is 0 Å². The Morgan fingerprint density at radius 2 is 1.93 bits per heavy atom. The quantitative estimate of drug-likeness (QED) is 0.739. The third-order valence-corrected chi connectivity index (χ3v) is 5.60. The van der Waals surface area contributed by atoms with Crippen LogP contribution in [-0.2, 0) is 13.6 Å². The number of imidazole rings is 1. The number of likely N-dealkylation sites (tertiary alicyclic amines) is 1. The summed E-state index contributed by atoms with van der Waals surface area (Å²) in [6.45, 7) is 2.23. The van der Waals surface area contributed by atoms with E-state index in [4.69, 9.17) is 4.98 Å². The van der Waals surface area contributed by atoms with Crippen molar-refractivity contribution >= 4 is 22.9 Å². The van der Waals surface area contributed by atoms with Crippen molar-refractivity contribution in [2.24, 2.45) is 7.05 Å². The van der Waals surface area contributed by atoms with Gasteiger partial charge in [0.15, 0.2) is 5.82 Å². The van der Waals surface area contributed by atoms with Crippen molar-refractivity contribution in [3.05, 3.63) is 54.0 Å². The first kappa shape index (κ1) is 19.2. The number of carbonyl (C=O) groups is 1. The number of nitrogens with one attached hydrogen (secondary N) is 1. The number of rotatable bonds is 4. The first-order valence-corrected chi connectivity index (χ1v) is 10.1. The highest BCUT2D eigenvalue weighted by atomic mass is 16.2. The van der Waals surface area contributed by atoms with Crippen LogP contribution >= 0.6 is 0 Å². The van der Waals surface area contributed by atoms with Crippen LogP contribution in [0, 0.1) is 0 Å². The zero-order valence-corrected chi connectivity index (χ0v) is 17.3. The number of aromatic nitrogens is 3. The molecule has 152 valence electrons. The van der Waals surface area contributed by atoms with Gasteiger partial charge in [0, 0.05) is 52.4 Å². The van der Waals surface area contributed by atoms with Crippen LogP contribution in [0.3, 0.4) is 0 Å². The van der Waals surface area contributed by atoms with Gasteiger partial charge >= 0.3 is 6.03 Å². The number of anilines is 1. The molecule has 29 heavy (non-hydrogen) atoms. The lowest BCUT2D eigenvalue weighted by atomic mass is 9.93. The monoisotopic (exact) mass is 392 g/mol. The summed E-state index contributed by atoms with van der Waals surface area (Å²) in [6.07, 6.45) is 3.68. The molecule has 3 aromatic rings. The average Bonchev–Trinajstić information content (AvgIpc) is 3.13. The number of nitrogens with zero attached hydrogens (tertiary/aromatic N) is 5. The summed E-state index contributed by atoms with van der Waals surface area (Å²) >= 11 is 0. The molecule has 0 bridgehead atoms. The topological polar surface area (TPSA) is 66.3 Å². The van der Waals surface area contributed by atoms with E-state index in [1.165, 1.54) is 5.56 Å². The highest BCUT2D eigenvalue weighted by Crippen LogP contribution is 2.31. The molecule has 0 aliphatic carbocycles. The molecule has 0 radical (unpaired) electrons. The zero-order valence-electron chi connectivity index (χ0n) is 17.3. The average molecular weight is 393 g/mol. The number of carbonyl (C=O) groups excluding carboxylic acids is 1. The van der Waals surface area contributed by atoms with Crippen molar-refractivity contribution in [3.8, 4) is 0 Å². The molecule has 1 saturated heterocycles. The van der Waals surface area contributed by atoms with E-state index in [0.29, 0.717) is 12.5 Å².